The molecular weight excluding hydrogens is 448 g/mol. The third-order valence-electron chi connectivity index (χ3n) is 8.47. The fraction of sp³-hybridized carbons (Fsp3) is 0.750. The Labute approximate surface area is 220 Å². The van der Waals surface area contributed by atoms with Gasteiger partial charge >= 0.3 is 11.9 Å². The topological polar surface area (TPSA) is 74.6 Å². The van der Waals surface area contributed by atoms with Gasteiger partial charge in [0.15, 0.2) is 0 Å². The zero-order valence-electron chi connectivity index (χ0n) is 22.8. The first-order valence-electron chi connectivity index (χ1n) is 14.9. The molecular formula is C32H52O4. The lowest BCUT2D eigenvalue weighted by Gasteiger charge is -2.41. The summed E-state index contributed by atoms with van der Waals surface area (Å²) in [6, 6.07) is 0. The fourth-order valence-corrected chi connectivity index (χ4v) is 6.41. The summed E-state index contributed by atoms with van der Waals surface area (Å²) in [5, 5.41) is 17.6. The average Bonchev–Trinajstić information content (AvgIpc) is 2.85. The summed E-state index contributed by atoms with van der Waals surface area (Å²) < 4.78 is 0. The molecule has 5 atom stereocenters. The van der Waals surface area contributed by atoms with Gasteiger partial charge in [0, 0.05) is 18.8 Å². The molecule has 0 saturated carbocycles. The number of carboxylic acid groups (broad SMARTS) is 2. The van der Waals surface area contributed by atoms with Gasteiger partial charge in [-0.25, -0.2) is 0 Å². The molecule has 0 bridgehead atoms. The van der Waals surface area contributed by atoms with Gasteiger partial charge in [-0.1, -0.05) is 101 Å². The molecule has 0 fully saturated rings. The summed E-state index contributed by atoms with van der Waals surface area (Å²) in [6.45, 7) is 6.51. The largest absolute Gasteiger partial charge is 0.481 e. The number of hydrogen-bond acceptors (Lipinski definition) is 2. The third-order valence-corrected chi connectivity index (χ3v) is 8.47. The molecule has 0 aliphatic heterocycles. The van der Waals surface area contributed by atoms with E-state index in [1.165, 1.54) is 64.2 Å². The van der Waals surface area contributed by atoms with Gasteiger partial charge in [-0.2, -0.15) is 0 Å². The Hall–Kier alpha value is -1.84. The molecule has 2 aliphatic rings. The Morgan fingerprint density at radius 1 is 0.806 bits per heavy atom. The third kappa shape index (κ3) is 11.0. The molecule has 2 N–H and O–H groups in total. The standard InChI is InChI=1S/C32H52O4/c1-3-5-16-25-21-22-28-23-26(17-12-8-6-10-14-19-31(33)34)27(24-30(28)29(25)4-2)18-13-9-7-11-15-20-32(35)36/h4,21-22,24-29H,2-3,5-20,23H2,1H3,(H,33,34)(H,35,36). The average molecular weight is 501 g/mol. The maximum absolute atomic E-state index is 10.7. The van der Waals surface area contributed by atoms with E-state index in [4.69, 9.17) is 10.2 Å². The molecule has 5 unspecified atom stereocenters. The Kier molecular flexibility index (Phi) is 14.8. The molecule has 0 aromatic carbocycles. The summed E-state index contributed by atoms with van der Waals surface area (Å²) in [7, 11) is 0. The van der Waals surface area contributed by atoms with Crippen molar-refractivity contribution in [3.63, 3.8) is 0 Å². The first-order chi connectivity index (χ1) is 17.5. The van der Waals surface area contributed by atoms with Crippen molar-refractivity contribution in [3.05, 3.63) is 36.5 Å². The van der Waals surface area contributed by atoms with E-state index >= 15 is 0 Å². The number of fused-ring (bicyclic) bond motifs is 1. The monoisotopic (exact) mass is 500 g/mol. The number of rotatable bonds is 20. The van der Waals surface area contributed by atoms with Crippen LogP contribution in [0.2, 0.25) is 0 Å². The van der Waals surface area contributed by atoms with Crippen LogP contribution in [0.3, 0.4) is 0 Å². The Balaban J connectivity index is 1.93. The van der Waals surface area contributed by atoms with Crippen LogP contribution in [0.25, 0.3) is 0 Å². The van der Waals surface area contributed by atoms with Gasteiger partial charge in [-0.3, -0.25) is 9.59 Å². The lowest BCUT2D eigenvalue weighted by Crippen LogP contribution is -2.31. The van der Waals surface area contributed by atoms with Gasteiger partial charge in [0.1, 0.15) is 0 Å². The zero-order chi connectivity index (χ0) is 26.2. The first-order valence-corrected chi connectivity index (χ1v) is 14.9. The number of unbranched alkanes of at least 4 members (excludes halogenated alkanes) is 9. The Morgan fingerprint density at radius 2 is 1.36 bits per heavy atom. The van der Waals surface area contributed by atoms with Gasteiger partial charge < -0.3 is 10.2 Å². The summed E-state index contributed by atoms with van der Waals surface area (Å²) in [4.78, 5) is 21.4. The summed E-state index contributed by atoms with van der Waals surface area (Å²) in [6.07, 6.45) is 28.8. The molecule has 0 aromatic heterocycles. The molecule has 204 valence electrons. The highest BCUT2D eigenvalue weighted by Crippen LogP contribution is 2.47. The predicted octanol–water partition coefficient (Wildman–Crippen LogP) is 8.97. The predicted molar refractivity (Wildman–Crippen MR) is 149 cm³/mol. The molecule has 0 radical (unpaired) electrons. The van der Waals surface area contributed by atoms with Crippen molar-refractivity contribution in [2.45, 2.75) is 122 Å². The molecule has 36 heavy (non-hydrogen) atoms. The minimum Gasteiger partial charge on any atom is -0.481 e. The zero-order valence-corrected chi connectivity index (χ0v) is 22.8. The van der Waals surface area contributed by atoms with Crippen LogP contribution in [0, 0.1) is 29.6 Å². The van der Waals surface area contributed by atoms with Crippen LogP contribution < -0.4 is 0 Å². The Bertz CT molecular complexity index is 722. The van der Waals surface area contributed by atoms with Crippen molar-refractivity contribution in [3.8, 4) is 0 Å². The van der Waals surface area contributed by atoms with Crippen LogP contribution in [-0.2, 0) is 9.59 Å². The maximum Gasteiger partial charge on any atom is 0.303 e. The molecule has 0 amide bonds. The van der Waals surface area contributed by atoms with Crippen LogP contribution in [0.4, 0.5) is 0 Å². The second kappa shape index (κ2) is 17.6. The molecule has 2 rings (SSSR count). The van der Waals surface area contributed by atoms with Gasteiger partial charge in [-0.05, 0) is 62.2 Å². The van der Waals surface area contributed by atoms with E-state index in [-0.39, 0.29) is 0 Å². The van der Waals surface area contributed by atoms with Crippen LogP contribution in [0.5, 0.6) is 0 Å². The van der Waals surface area contributed by atoms with Crippen molar-refractivity contribution in [2.24, 2.45) is 29.6 Å². The summed E-state index contributed by atoms with van der Waals surface area (Å²) >= 11 is 0. The van der Waals surface area contributed by atoms with Crippen molar-refractivity contribution < 1.29 is 19.8 Å². The number of carboxylic acids is 2. The molecule has 0 saturated heterocycles. The number of aliphatic carboxylic acids is 2. The SMILES string of the molecule is C=CC1C2=CC(CCCCCCCC(=O)O)C(CCCCCCCC(=O)O)CC2C=CC1CCCC. The van der Waals surface area contributed by atoms with Crippen LogP contribution in [-0.4, -0.2) is 22.2 Å². The van der Waals surface area contributed by atoms with E-state index in [1.54, 1.807) is 5.57 Å². The fourth-order valence-electron chi connectivity index (χ4n) is 6.41. The van der Waals surface area contributed by atoms with Gasteiger partial charge in [0.05, 0.1) is 0 Å². The number of allylic oxidation sites excluding steroid dienone is 5. The van der Waals surface area contributed by atoms with Gasteiger partial charge in [0.2, 0.25) is 0 Å². The lowest BCUT2D eigenvalue weighted by atomic mass is 9.63. The van der Waals surface area contributed by atoms with E-state index in [0.29, 0.717) is 36.5 Å². The van der Waals surface area contributed by atoms with Crippen molar-refractivity contribution in [1.82, 2.24) is 0 Å². The highest BCUT2D eigenvalue weighted by Gasteiger charge is 2.36. The van der Waals surface area contributed by atoms with E-state index in [2.05, 4.69) is 37.8 Å². The minimum atomic E-state index is -0.682. The number of hydrogen-bond donors (Lipinski definition) is 2. The Morgan fingerprint density at radius 3 is 1.94 bits per heavy atom. The summed E-state index contributed by atoms with van der Waals surface area (Å²) in [5.41, 5.74) is 1.63. The highest BCUT2D eigenvalue weighted by molar-refractivity contribution is 5.66. The van der Waals surface area contributed by atoms with Crippen molar-refractivity contribution in [1.29, 1.82) is 0 Å². The van der Waals surface area contributed by atoms with Crippen LogP contribution in [0.1, 0.15) is 122 Å². The van der Waals surface area contributed by atoms with Crippen LogP contribution in [0.15, 0.2) is 36.5 Å². The van der Waals surface area contributed by atoms with Crippen molar-refractivity contribution >= 4 is 11.9 Å². The molecule has 0 heterocycles. The molecule has 0 spiro atoms. The smallest absolute Gasteiger partial charge is 0.303 e. The minimum absolute atomic E-state index is 0.296. The molecule has 0 aromatic rings. The lowest BCUT2D eigenvalue weighted by molar-refractivity contribution is -0.138. The van der Waals surface area contributed by atoms with Gasteiger partial charge in [0.25, 0.3) is 0 Å². The quantitative estimate of drug-likeness (QED) is 0.129. The van der Waals surface area contributed by atoms with Crippen molar-refractivity contribution in [2.75, 3.05) is 0 Å². The second-order valence-electron chi connectivity index (χ2n) is 11.3. The molecule has 4 nitrogen and oxygen atoms in total. The molecule has 2 aliphatic carbocycles. The normalized spacial score (nSPS) is 25.2. The highest BCUT2D eigenvalue weighted by atomic mass is 16.4. The van der Waals surface area contributed by atoms with Crippen LogP contribution >= 0.6 is 0 Å². The first kappa shape index (κ1) is 30.4. The van der Waals surface area contributed by atoms with Gasteiger partial charge in [-0.15, -0.1) is 6.58 Å². The van der Waals surface area contributed by atoms with E-state index in [1.807, 2.05) is 0 Å². The maximum atomic E-state index is 10.7. The van der Waals surface area contributed by atoms with E-state index in [0.717, 1.165) is 44.4 Å². The van der Waals surface area contributed by atoms with E-state index < -0.39 is 11.9 Å². The second-order valence-corrected chi connectivity index (χ2v) is 11.3. The molecule has 4 heteroatoms. The number of carbonyl (C=O) groups is 2. The summed E-state index contributed by atoms with van der Waals surface area (Å²) in [5.74, 6) is 1.66. The van der Waals surface area contributed by atoms with E-state index in [9.17, 15) is 9.59 Å².